The number of rotatable bonds is 11. The van der Waals surface area contributed by atoms with Gasteiger partial charge in [-0.3, -0.25) is 9.79 Å². The number of carbonyl (C=O) groups is 1. The summed E-state index contributed by atoms with van der Waals surface area (Å²) >= 11 is 6.05. The molecule has 0 spiro atoms. The highest BCUT2D eigenvalue weighted by atomic mass is 127. The number of benzene rings is 2. The number of aryl methyl sites for hydroxylation is 1. The molecule has 0 heterocycles. The molecule has 0 aliphatic carbocycles. The van der Waals surface area contributed by atoms with Crippen molar-refractivity contribution < 1.29 is 14.3 Å². The van der Waals surface area contributed by atoms with Crippen LogP contribution in [0.3, 0.4) is 0 Å². The van der Waals surface area contributed by atoms with Crippen LogP contribution in [0.2, 0.25) is 5.02 Å². The first-order valence-electron chi connectivity index (χ1n) is 10.3. The molecule has 2 rings (SSSR count). The first kappa shape index (κ1) is 28.0. The quantitative estimate of drug-likeness (QED) is 0.165. The maximum Gasteiger partial charge on any atom is 0.252 e. The van der Waals surface area contributed by atoms with E-state index in [1.54, 1.807) is 31.3 Å². The largest absolute Gasteiger partial charge is 0.491 e. The third-order valence-electron chi connectivity index (χ3n) is 4.40. The lowest BCUT2D eigenvalue weighted by Gasteiger charge is -2.16. The SMILES string of the molecule is CCOCCOc1cc(C)ccc1CNC(=NC)NCCNC(=O)c1ccccc1Cl.I. The molecule has 0 aliphatic rings. The summed E-state index contributed by atoms with van der Waals surface area (Å²) in [5, 5.41) is 9.73. The topological polar surface area (TPSA) is 84.0 Å². The van der Waals surface area contributed by atoms with E-state index < -0.39 is 0 Å². The number of halogens is 2. The molecule has 0 saturated heterocycles. The van der Waals surface area contributed by atoms with E-state index in [1.807, 2.05) is 32.0 Å². The molecule has 7 nitrogen and oxygen atoms in total. The molecule has 1 amide bonds. The van der Waals surface area contributed by atoms with Crippen LogP contribution < -0.4 is 20.7 Å². The van der Waals surface area contributed by atoms with Crippen LogP contribution in [0.25, 0.3) is 0 Å². The second-order valence-corrected chi connectivity index (χ2v) is 7.15. The third-order valence-corrected chi connectivity index (χ3v) is 4.73. The van der Waals surface area contributed by atoms with Gasteiger partial charge >= 0.3 is 0 Å². The van der Waals surface area contributed by atoms with Crippen LogP contribution >= 0.6 is 35.6 Å². The van der Waals surface area contributed by atoms with Crippen LogP contribution in [0, 0.1) is 6.92 Å². The van der Waals surface area contributed by atoms with E-state index in [0.29, 0.717) is 56.0 Å². The van der Waals surface area contributed by atoms with Gasteiger partial charge < -0.3 is 25.4 Å². The minimum Gasteiger partial charge on any atom is -0.491 e. The van der Waals surface area contributed by atoms with E-state index >= 15 is 0 Å². The van der Waals surface area contributed by atoms with Crippen molar-refractivity contribution in [1.82, 2.24) is 16.0 Å². The molecular weight excluding hydrogens is 543 g/mol. The van der Waals surface area contributed by atoms with E-state index in [2.05, 4.69) is 20.9 Å². The van der Waals surface area contributed by atoms with Crippen molar-refractivity contribution in [2.45, 2.75) is 20.4 Å². The van der Waals surface area contributed by atoms with E-state index in [4.69, 9.17) is 21.1 Å². The van der Waals surface area contributed by atoms with Gasteiger partial charge in [0.1, 0.15) is 12.4 Å². The molecular formula is C23H32ClIN4O3. The van der Waals surface area contributed by atoms with Gasteiger partial charge in [0, 0.05) is 38.9 Å². The maximum atomic E-state index is 12.2. The summed E-state index contributed by atoms with van der Waals surface area (Å²) in [5.74, 6) is 1.26. The highest BCUT2D eigenvalue weighted by Gasteiger charge is 2.09. The average molecular weight is 575 g/mol. The zero-order valence-electron chi connectivity index (χ0n) is 18.7. The predicted molar refractivity (Wildman–Crippen MR) is 141 cm³/mol. The fourth-order valence-corrected chi connectivity index (χ4v) is 3.02. The lowest BCUT2D eigenvalue weighted by atomic mass is 10.1. The molecule has 0 atom stereocenters. The van der Waals surface area contributed by atoms with Gasteiger partial charge in [-0.1, -0.05) is 35.9 Å². The predicted octanol–water partition coefficient (Wildman–Crippen LogP) is 3.78. The Labute approximate surface area is 212 Å². The van der Waals surface area contributed by atoms with E-state index in [-0.39, 0.29) is 29.9 Å². The summed E-state index contributed by atoms with van der Waals surface area (Å²) in [6.07, 6.45) is 0. The standard InChI is InChI=1S/C23H31ClN4O3.HI/c1-4-30-13-14-31-21-15-17(2)9-10-18(21)16-28-23(25-3)27-12-11-26-22(29)19-7-5-6-8-20(19)24;/h5-10,15H,4,11-14,16H2,1-3H3,(H,26,29)(H2,25,27,28);1H. The first-order chi connectivity index (χ1) is 15.0. The number of nitrogens with one attached hydrogen (secondary N) is 3. The second kappa shape index (κ2) is 15.7. The molecule has 176 valence electrons. The zero-order chi connectivity index (χ0) is 22.5. The number of nitrogens with zero attached hydrogens (tertiary/aromatic N) is 1. The Bertz CT molecular complexity index is 880. The Kier molecular flexibility index (Phi) is 13.7. The van der Waals surface area contributed by atoms with Gasteiger partial charge in [-0.2, -0.15) is 0 Å². The molecule has 0 fully saturated rings. The van der Waals surface area contributed by atoms with Crippen LogP contribution in [0.5, 0.6) is 5.75 Å². The molecule has 2 aromatic rings. The fraction of sp³-hybridized carbons (Fsp3) is 0.391. The Morgan fingerprint density at radius 3 is 2.53 bits per heavy atom. The fourth-order valence-electron chi connectivity index (χ4n) is 2.79. The van der Waals surface area contributed by atoms with Crippen LogP contribution in [0.4, 0.5) is 0 Å². The number of amides is 1. The minimum absolute atomic E-state index is 0. The van der Waals surface area contributed by atoms with E-state index in [1.165, 1.54) is 0 Å². The number of hydrogen-bond acceptors (Lipinski definition) is 4. The average Bonchev–Trinajstić information content (AvgIpc) is 2.77. The molecule has 0 saturated carbocycles. The molecule has 9 heteroatoms. The molecule has 32 heavy (non-hydrogen) atoms. The monoisotopic (exact) mass is 574 g/mol. The summed E-state index contributed by atoms with van der Waals surface area (Å²) in [4.78, 5) is 16.4. The molecule has 0 unspecified atom stereocenters. The van der Waals surface area contributed by atoms with Crippen molar-refractivity contribution in [2.24, 2.45) is 4.99 Å². The molecule has 0 bridgehead atoms. The minimum atomic E-state index is -0.205. The summed E-state index contributed by atoms with van der Waals surface area (Å²) in [7, 11) is 1.70. The summed E-state index contributed by atoms with van der Waals surface area (Å²) < 4.78 is 11.2. The highest BCUT2D eigenvalue weighted by molar-refractivity contribution is 14.0. The van der Waals surface area contributed by atoms with Gasteiger partial charge in [0.25, 0.3) is 5.91 Å². The lowest BCUT2D eigenvalue weighted by Crippen LogP contribution is -2.41. The molecule has 2 aromatic carbocycles. The number of hydrogen-bond donors (Lipinski definition) is 3. The summed E-state index contributed by atoms with van der Waals surface area (Å²) in [6.45, 7) is 7.22. The maximum absolute atomic E-state index is 12.2. The Hall–Kier alpha value is -2.04. The third kappa shape index (κ3) is 9.62. The highest BCUT2D eigenvalue weighted by Crippen LogP contribution is 2.20. The molecule has 0 radical (unpaired) electrons. The van der Waals surface area contributed by atoms with Gasteiger partial charge in [0.05, 0.1) is 17.2 Å². The number of aliphatic imine (C=N–C) groups is 1. The van der Waals surface area contributed by atoms with E-state index in [0.717, 1.165) is 16.9 Å². The van der Waals surface area contributed by atoms with Crippen LogP contribution in [-0.4, -0.2) is 51.8 Å². The van der Waals surface area contributed by atoms with E-state index in [9.17, 15) is 4.79 Å². The van der Waals surface area contributed by atoms with Crippen LogP contribution in [-0.2, 0) is 11.3 Å². The Morgan fingerprint density at radius 1 is 1.06 bits per heavy atom. The van der Waals surface area contributed by atoms with Gasteiger partial charge in [-0.25, -0.2) is 0 Å². The van der Waals surface area contributed by atoms with Crippen molar-refractivity contribution in [3.05, 3.63) is 64.2 Å². The number of carbonyl (C=O) groups excluding carboxylic acids is 1. The second-order valence-electron chi connectivity index (χ2n) is 6.74. The molecule has 3 N–H and O–H groups in total. The number of guanidine groups is 1. The zero-order valence-corrected chi connectivity index (χ0v) is 21.8. The van der Waals surface area contributed by atoms with Crippen LogP contribution in [0.1, 0.15) is 28.4 Å². The Morgan fingerprint density at radius 2 is 1.81 bits per heavy atom. The van der Waals surface area contributed by atoms with Crippen molar-refractivity contribution in [1.29, 1.82) is 0 Å². The molecule has 0 aromatic heterocycles. The lowest BCUT2D eigenvalue weighted by molar-refractivity contribution is 0.0954. The van der Waals surface area contributed by atoms with Gasteiger partial charge in [0.2, 0.25) is 0 Å². The number of ether oxygens (including phenoxy) is 2. The van der Waals surface area contributed by atoms with Crippen molar-refractivity contribution >= 4 is 47.4 Å². The van der Waals surface area contributed by atoms with Gasteiger partial charge in [-0.05, 0) is 37.6 Å². The van der Waals surface area contributed by atoms with Crippen molar-refractivity contribution in [3.63, 3.8) is 0 Å². The van der Waals surface area contributed by atoms with Gasteiger partial charge in [0.15, 0.2) is 5.96 Å². The smallest absolute Gasteiger partial charge is 0.252 e. The molecule has 0 aliphatic heterocycles. The summed E-state index contributed by atoms with van der Waals surface area (Å²) in [6, 6.07) is 13.1. The van der Waals surface area contributed by atoms with Crippen LogP contribution in [0.15, 0.2) is 47.5 Å². The van der Waals surface area contributed by atoms with Crippen molar-refractivity contribution in [2.75, 3.05) is 40.0 Å². The normalized spacial score (nSPS) is 10.8. The van der Waals surface area contributed by atoms with Crippen molar-refractivity contribution in [3.8, 4) is 5.75 Å². The first-order valence-corrected chi connectivity index (χ1v) is 10.7. The Balaban J connectivity index is 0.00000512. The van der Waals surface area contributed by atoms with Gasteiger partial charge in [-0.15, -0.1) is 24.0 Å². The summed E-state index contributed by atoms with van der Waals surface area (Å²) in [5.41, 5.74) is 2.62.